The molecular formula is C15H24BN3O4. The SMILES string of the molecule is C[C@@H]1CN(c2cc(B(O)O)ccn2)CCN1C(=O)OC(C)(C)C. The molecule has 1 aliphatic rings. The lowest BCUT2D eigenvalue weighted by molar-refractivity contribution is 0.0158. The minimum absolute atomic E-state index is 0.0249. The number of hydrogen-bond acceptors (Lipinski definition) is 6. The van der Waals surface area contributed by atoms with E-state index < -0.39 is 12.7 Å². The highest BCUT2D eigenvalue weighted by molar-refractivity contribution is 6.58. The standard InChI is InChI=1S/C15H24BN3O4/c1-11-10-18(13-9-12(16(21)22)5-6-17-13)7-8-19(11)14(20)23-15(2,3)4/h5-6,9,11,21-22H,7-8,10H2,1-4H3/t11-/m1/s1. The number of hydrogen-bond donors (Lipinski definition) is 2. The highest BCUT2D eigenvalue weighted by Crippen LogP contribution is 2.19. The molecule has 7 nitrogen and oxygen atoms in total. The summed E-state index contributed by atoms with van der Waals surface area (Å²) < 4.78 is 5.43. The minimum atomic E-state index is -1.52. The molecule has 1 aliphatic heterocycles. The lowest BCUT2D eigenvalue weighted by Gasteiger charge is -2.40. The average Bonchev–Trinajstić information content (AvgIpc) is 2.45. The van der Waals surface area contributed by atoms with Crippen molar-refractivity contribution < 1.29 is 19.6 Å². The number of piperazine rings is 1. The topological polar surface area (TPSA) is 86.1 Å². The summed E-state index contributed by atoms with van der Waals surface area (Å²) in [5.74, 6) is 0.672. The molecule has 1 atom stereocenters. The average molecular weight is 321 g/mol. The van der Waals surface area contributed by atoms with Gasteiger partial charge in [-0.3, -0.25) is 0 Å². The first-order valence-electron chi connectivity index (χ1n) is 7.74. The van der Waals surface area contributed by atoms with Gasteiger partial charge in [-0.1, -0.05) is 0 Å². The van der Waals surface area contributed by atoms with Crippen molar-refractivity contribution in [1.29, 1.82) is 0 Å². The Morgan fingerprint density at radius 3 is 2.65 bits per heavy atom. The Hall–Kier alpha value is -1.80. The van der Waals surface area contributed by atoms with Crippen LogP contribution < -0.4 is 10.4 Å². The Bertz CT molecular complexity index is 562. The number of nitrogens with zero attached hydrogens (tertiary/aromatic N) is 3. The molecule has 0 aromatic carbocycles. The third-order valence-corrected chi connectivity index (χ3v) is 3.65. The quantitative estimate of drug-likeness (QED) is 0.757. The molecular weight excluding hydrogens is 297 g/mol. The Balaban J connectivity index is 2.04. The lowest BCUT2D eigenvalue weighted by atomic mass is 9.81. The minimum Gasteiger partial charge on any atom is -0.444 e. The zero-order valence-electron chi connectivity index (χ0n) is 14.1. The molecule has 1 amide bonds. The lowest BCUT2D eigenvalue weighted by Crippen LogP contribution is -2.55. The summed E-state index contributed by atoms with van der Waals surface area (Å²) in [6.07, 6.45) is 1.24. The molecule has 2 heterocycles. The normalized spacial score (nSPS) is 18.8. The zero-order chi connectivity index (χ0) is 17.2. The fourth-order valence-electron chi connectivity index (χ4n) is 2.53. The molecule has 1 saturated heterocycles. The monoisotopic (exact) mass is 321 g/mol. The second-order valence-electron chi connectivity index (χ2n) is 6.79. The van der Waals surface area contributed by atoms with Gasteiger partial charge in [0.05, 0.1) is 0 Å². The highest BCUT2D eigenvalue weighted by atomic mass is 16.6. The smallest absolute Gasteiger partial charge is 0.444 e. The van der Waals surface area contributed by atoms with Crippen molar-refractivity contribution in [3.05, 3.63) is 18.3 Å². The molecule has 1 fully saturated rings. The summed E-state index contributed by atoms with van der Waals surface area (Å²) in [6, 6.07) is 3.19. The first-order chi connectivity index (χ1) is 10.7. The van der Waals surface area contributed by atoms with E-state index in [1.807, 2.05) is 32.6 Å². The van der Waals surface area contributed by atoms with Gasteiger partial charge < -0.3 is 24.6 Å². The van der Waals surface area contributed by atoms with Crippen molar-refractivity contribution in [2.45, 2.75) is 39.3 Å². The predicted molar refractivity (Wildman–Crippen MR) is 88.7 cm³/mol. The molecule has 0 bridgehead atoms. The summed E-state index contributed by atoms with van der Waals surface area (Å²) in [5, 5.41) is 18.5. The van der Waals surface area contributed by atoms with Crippen LogP contribution in [0.1, 0.15) is 27.7 Å². The van der Waals surface area contributed by atoms with Crippen LogP contribution in [-0.4, -0.2) is 64.4 Å². The number of carbonyl (C=O) groups excluding carboxylic acids is 1. The van der Waals surface area contributed by atoms with Crippen LogP contribution >= 0.6 is 0 Å². The molecule has 0 unspecified atom stereocenters. The maximum Gasteiger partial charge on any atom is 0.488 e. The van der Waals surface area contributed by atoms with Crippen LogP contribution in [0.15, 0.2) is 18.3 Å². The van der Waals surface area contributed by atoms with Crippen LogP contribution in [0.3, 0.4) is 0 Å². The van der Waals surface area contributed by atoms with E-state index in [-0.39, 0.29) is 12.1 Å². The second kappa shape index (κ2) is 6.76. The van der Waals surface area contributed by atoms with Crippen molar-refractivity contribution in [3.63, 3.8) is 0 Å². The van der Waals surface area contributed by atoms with Crippen molar-refractivity contribution >= 4 is 24.5 Å². The maximum absolute atomic E-state index is 12.2. The second-order valence-corrected chi connectivity index (χ2v) is 6.79. The third kappa shape index (κ3) is 4.59. The van der Waals surface area contributed by atoms with Gasteiger partial charge in [-0.05, 0) is 45.3 Å². The molecule has 23 heavy (non-hydrogen) atoms. The molecule has 1 aromatic heterocycles. The Labute approximate surface area is 137 Å². The Kier molecular flexibility index (Phi) is 5.16. The number of aromatic nitrogens is 1. The van der Waals surface area contributed by atoms with Gasteiger partial charge in [0.25, 0.3) is 0 Å². The van der Waals surface area contributed by atoms with E-state index in [4.69, 9.17) is 4.74 Å². The number of pyridine rings is 1. The summed E-state index contributed by atoms with van der Waals surface area (Å²) >= 11 is 0. The Morgan fingerprint density at radius 2 is 2.09 bits per heavy atom. The molecule has 1 aromatic rings. The largest absolute Gasteiger partial charge is 0.488 e. The molecule has 0 saturated carbocycles. The van der Waals surface area contributed by atoms with Gasteiger partial charge in [-0.15, -0.1) is 0 Å². The van der Waals surface area contributed by atoms with Gasteiger partial charge >= 0.3 is 13.2 Å². The van der Waals surface area contributed by atoms with Gasteiger partial charge in [-0.2, -0.15) is 0 Å². The van der Waals surface area contributed by atoms with E-state index >= 15 is 0 Å². The number of amides is 1. The van der Waals surface area contributed by atoms with Crippen LogP contribution in [0.2, 0.25) is 0 Å². The van der Waals surface area contributed by atoms with E-state index in [9.17, 15) is 14.8 Å². The highest BCUT2D eigenvalue weighted by Gasteiger charge is 2.31. The number of ether oxygens (including phenoxy) is 1. The molecule has 0 radical (unpaired) electrons. The predicted octanol–water partition coefficient (Wildman–Crippen LogP) is 0.207. The number of rotatable bonds is 2. The van der Waals surface area contributed by atoms with Gasteiger partial charge in [0.1, 0.15) is 11.4 Å². The van der Waals surface area contributed by atoms with Crippen molar-refractivity contribution in [2.75, 3.05) is 24.5 Å². The van der Waals surface area contributed by atoms with Crippen LogP contribution in [0.4, 0.5) is 10.6 Å². The van der Waals surface area contributed by atoms with E-state index in [1.54, 1.807) is 23.2 Å². The van der Waals surface area contributed by atoms with Gasteiger partial charge in [0, 0.05) is 31.9 Å². The summed E-state index contributed by atoms with van der Waals surface area (Å²) in [7, 11) is -1.52. The van der Waals surface area contributed by atoms with E-state index in [0.29, 0.717) is 30.9 Å². The molecule has 0 aliphatic carbocycles. The first-order valence-corrected chi connectivity index (χ1v) is 7.74. The summed E-state index contributed by atoms with van der Waals surface area (Å²) in [5.41, 5.74) is -0.113. The maximum atomic E-state index is 12.2. The van der Waals surface area contributed by atoms with Crippen LogP contribution in [0.5, 0.6) is 0 Å². The van der Waals surface area contributed by atoms with Crippen molar-refractivity contribution in [2.24, 2.45) is 0 Å². The summed E-state index contributed by atoms with van der Waals surface area (Å²) in [6.45, 7) is 9.26. The van der Waals surface area contributed by atoms with Gasteiger partial charge in [0.15, 0.2) is 0 Å². The molecule has 0 spiro atoms. The van der Waals surface area contributed by atoms with Crippen LogP contribution in [0, 0.1) is 0 Å². The van der Waals surface area contributed by atoms with E-state index in [2.05, 4.69) is 4.98 Å². The number of anilines is 1. The van der Waals surface area contributed by atoms with Crippen molar-refractivity contribution in [1.82, 2.24) is 9.88 Å². The van der Waals surface area contributed by atoms with Crippen LogP contribution in [-0.2, 0) is 4.74 Å². The fourth-order valence-corrected chi connectivity index (χ4v) is 2.53. The summed E-state index contributed by atoms with van der Waals surface area (Å²) in [4.78, 5) is 20.2. The van der Waals surface area contributed by atoms with Gasteiger partial charge in [-0.25, -0.2) is 9.78 Å². The van der Waals surface area contributed by atoms with E-state index in [1.165, 1.54) is 0 Å². The fraction of sp³-hybridized carbons (Fsp3) is 0.600. The van der Waals surface area contributed by atoms with Crippen LogP contribution in [0.25, 0.3) is 0 Å². The van der Waals surface area contributed by atoms with Crippen molar-refractivity contribution in [3.8, 4) is 0 Å². The molecule has 2 rings (SSSR count). The first kappa shape index (κ1) is 17.6. The Morgan fingerprint density at radius 1 is 1.39 bits per heavy atom. The molecule has 126 valence electrons. The van der Waals surface area contributed by atoms with E-state index in [0.717, 1.165) is 0 Å². The van der Waals surface area contributed by atoms with Gasteiger partial charge in [0.2, 0.25) is 0 Å². The zero-order valence-corrected chi connectivity index (χ0v) is 14.1. The molecule has 2 N–H and O–H groups in total. The third-order valence-electron chi connectivity index (χ3n) is 3.65. The number of carbonyl (C=O) groups is 1. The molecule has 8 heteroatoms.